The van der Waals surface area contributed by atoms with Crippen molar-refractivity contribution in [2.24, 2.45) is 0 Å². The molecule has 0 amide bonds. The molecule has 0 saturated heterocycles. The van der Waals surface area contributed by atoms with Crippen molar-refractivity contribution in [3.8, 4) is 0 Å². The standard InChI is InChI=1S/C6H15O3PS/c1-2-3-4-5-9-11(7,8)6-10/h2-6,10H2,1H3. The van der Waals surface area contributed by atoms with E-state index in [0.717, 1.165) is 19.3 Å². The van der Waals surface area contributed by atoms with Crippen molar-refractivity contribution in [3.05, 3.63) is 0 Å². The van der Waals surface area contributed by atoms with E-state index in [1.807, 2.05) is 0 Å². The van der Waals surface area contributed by atoms with Gasteiger partial charge in [0, 0.05) is 0 Å². The quantitative estimate of drug-likeness (QED) is 0.367. The highest BCUT2D eigenvalue weighted by molar-refractivity contribution is 7.90. The average molecular weight is 198 g/mol. The third kappa shape index (κ3) is 6.73. The minimum absolute atomic E-state index is 0.0148. The van der Waals surface area contributed by atoms with Gasteiger partial charge >= 0.3 is 0 Å². The first-order chi connectivity index (χ1) is 5.12. The van der Waals surface area contributed by atoms with Gasteiger partial charge in [0.25, 0.3) is 10.1 Å². The van der Waals surface area contributed by atoms with Crippen LogP contribution in [0.3, 0.4) is 0 Å². The number of rotatable bonds is 6. The van der Waals surface area contributed by atoms with Crippen LogP contribution in [0.2, 0.25) is 0 Å². The molecule has 3 nitrogen and oxygen atoms in total. The molecule has 0 N–H and O–H groups in total. The van der Waals surface area contributed by atoms with Crippen LogP contribution in [-0.2, 0) is 14.3 Å². The molecule has 1 atom stereocenters. The molecule has 0 radical (unpaired) electrons. The third-order valence-electron chi connectivity index (χ3n) is 1.21. The van der Waals surface area contributed by atoms with Crippen molar-refractivity contribution in [1.29, 1.82) is 0 Å². The first-order valence-electron chi connectivity index (χ1n) is 3.69. The van der Waals surface area contributed by atoms with Crippen molar-refractivity contribution >= 4 is 19.4 Å². The van der Waals surface area contributed by atoms with Crippen LogP contribution in [0, 0.1) is 0 Å². The fourth-order valence-electron chi connectivity index (χ4n) is 0.586. The monoisotopic (exact) mass is 198 g/mol. The zero-order valence-corrected chi connectivity index (χ0v) is 8.72. The fraction of sp³-hybridized carbons (Fsp3) is 1.00. The van der Waals surface area contributed by atoms with Crippen molar-refractivity contribution < 1.29 is 12.6 Å². The van der Waals surface area contributed by atoms with E-state index in [4.69, 9.17) is 0 Å². The van der Waals surface area contributed by atoms with Gasteiger partial charge in [-0.05, 0) is 6.42 Å². The van der Waals surface area contributed by atoms with Crippen molar-refractivity contribution in [2.75, 3.05) is 12.1 Å². The summed E-state index contributed by atoms with van der Waals surface area (Å²) in [4.78, 5) is 0. The summed E-state index contributed by atoms with van der Waals surface area (Å²) < 4.78 is 26.1. The molecule has 0 aromatic heterocycles. The van der Waals surface area contributed by atoms with Crippen LogP contribution in [0.25, 0.3) is 0 Å². The largest absolute Gasteiger partial charge is 0.270 e. The van der Waals surface area contributed by atoms with Gasteiger partial charge in [-0.15, -0.1) is 9.24 Å². The SMILES string of the molecule is CCCCCOS(=O)(=O)CP. The van der Waals surface area contributed by atoms with Gasteiger partial charge in [0.15, 0.2) is 0 Å². The van der Waals surface area contributed by atoms with E-state index >= 15 is 0 Å². The second kappa shape index (κ2) is 5.92. The molecule has 5 heteroatoms. The molecule has 0 aliphatic rings. The molecular weight excluding hydrogens is 183 g/mol. The Bertz CT molecular complexity index is 176. The Labute approximate surface area is 70.8 Å². The van der Waals surface area contributed by atoms with E-state index < -0.39 is 10.1 Å². The van der Waals surface area contributed by atoms with Crippen LogP contribution >= 0.6 is 9.24 Å². The van der Waals surface area contributed by atoms with Crippen LogP contribution in [0.15, 0.2) is 0 Å². The Hall–Kier alpha value is 0.340. The molecular formula is C6H15O3PS. The Morgan fingerprint density at radius 2 is 2.00 bits per heavy atom. The van der Waals surface area contributed by atoms with E-state index in [1.165, 1.54) is 0 Å². The average Bonchev–Trinajstić information content (AvgIpc) is 1.99. The van der Waals surface area contributed by atoms with Crippen LogP contribution in [0.4, 0.5) is 0 Å². The third-order valence-corrected chi connectivity index (χ3v) is 3.37. The summed E-state index contributed by atoms with van der Waals surface area (Å²) in [5.74, 6) is 0. The predicted molar refractivity (Wildman–Crippen MR) is 49.0 cm³/mol. The second-order valence-corrected chi connectivity index (χ2v) is 4.94. The summed E-state index contributed by atoms with van der Waals surface area (Å²) in [5.41, 5.74) is -0.0148. The maximum Gasteiger partial charge on any atom is 0.270 e. The molecule has 0 saturated carbocycles. The van der Waals surface area contributed by atoms with Crippen LogP contribution < -0.4 is 0 Å². The number of hydrogen-bond donors (Lipinski definition) is 0. The predicted octanol–water partition coefficient (Wildman–Crippen LogP) is 1.36. The molecule has 0 aliphatic carbocycles. The van der Waals surface area contributed by atoms with Crippen molar-refractivity contribution in [2.45, 2.75) is 26.2 Å². The highest BCUT2D eigenvalue weighted by Gasteiger charge is 2.05. The van der Waals surface area contributed by atoms with Gasteiger partial charge in [0.1, 0.15) is 0 Å². The molecule has 0 rings (SSSR count). The van der Waals surface area contributed by atoms with E-state index in [0.29, 0.717) is 6.61 Å². The maximum absolute atomic E-state index is 10.7. The molecule has 0 bridgehead atoms. The lowest BCUT2D eigenvalue weighted by atomic mass is 10.3. The molecule has 11 heavy (non-hydrogen) atoms. The summed E-state index contributed by atoms with van der Waals surface area (Å²) in [6.07, 6.45) is 2.91. The zero-order valence-electron chi connectivity index (χ0n) is 6.75. The zero-order chi connectivity index (χ0) is 8.74. The summed E-state index contributed by atoms with van der Waals surface area (Å²) >= 11 is 0. The summed E-state index contributed by atoms with van der Waals surface area (Å²) in [6.45, 7) is 2.38. The van der Waals surface area contributed by atoms with Gasteiger partial charge in [-0.3, -0.25) is 4.18 Å². The highest BCUT2D eigenvalue weighted by atomic mass is 32.2. The first-order valence-corrected chi connectivity index (χ1v) is 6.09. The van der Waals surface area contributed by atoms with Gasteiger partial charge in [-0.1, -0.05) is 19.8 Å². The van der Waals surface area contributed by atoms with E-state index in [9.17, 15) is 8.42 Å². The molecule has 0 aromatic carbocycles. The normalized spacial score (nSPS) is 11.8. The smallest absolute Gasteiger partial charge is 0.270 e. The highest BCUT2D eigenvalue weighted by Crippen LogP contribution is 2.01. The lowest BCUT2D eigenvalue weighted by molar-refractivity contribution is 0.310. The fourth-order valence-corrected chi connectivity index (χ4v) is 1.34. The Kier molecular flexibility index (Phi) is 6.11. The molecule has 0 spiro atoms. The Morgan fingerprint density at radius 3 is 2.45 bits per heavy atom. The number of unbranched alkanes of at least 4 members (excludes halogenated alkanes) is 2. The number of hydrogen-bond acceptors (Lipinski definition) is 3. The van der Waals surface area contributed by atoms with E-state index in [2.05, 4.69) is 20.3 Å². The van der Waals surface area contributed by atoms with Gasteiger partial charge in [0.05, 0.1) is 12.1 Å². The topological polar surface area (TPSA) is 43.4 Å². The van der Waals surface area contributed by atoms with Crippen molar-refractivity contribution in [1.82, 2.24) is 0 Å². The van der Waals surface area contributed by atoms with Gasteiger partial charge in [-0.25, -0.2) is 0 Å². The second-order valence-electron chi connectivity index (χ2n) is 2.25. The molecule has 0 aliphatic heterocycles. The minimum Gasteiger partial charge on any atom is -0.270 e. The van der Waals surface area contributed by atoms with Crippen molar-refractivity contribution in [3.63, 3.8) is 0 Å². The van der Waals surface area contributed by atoms with Crippen LogP contribution in [0.5, 0.6) is 0 Å². The summed E-state index contributed by atoms with van der Waals surface area (Å²) in [6, 6.07) is 0. The molecule has 1 unspecified atom stereocenters. The minimum atomic E-state index is -3.24. The Balaban J connectivity index is 3.39. The summed E-state index contributed by atoms with van der Waals surface area (Å²) in [7, 11) is -1.10. The van der Waals surface area contributed by atoms with E-state index in [-0.39, 0.29) is 5.49 Å². The molecule has 0 heterocycles. The molecule has 0 fully saturated rings. The molecule has 68 valence electrons. The van der Waals surface area contributed by atoms with Crippen LogP contribution in [-0.4, -0.2) is 20.5 Å². The Morgan fingerprint density at radius 1 is 1.36 bits per heavy atom. The maximum atomic E-state index is 10.7. The van der Waals surface area contributed by atoms with Gasteiger partial charge in [0.2, 0.25) is 0 Å². The van der Waals surface area contributed by atoms with E-state index in [1.54, 1.807) is 0 Å². The summed E-state index contributed by atoms with van der Waals surface area (Å²) in [5, 5.41) is 0. The van der Waals surface area contributed by atoms with Gasteiger partial charge < -0.3 is 0 Å². The lowest BCUT2D eigenvalue weighted by Gasteiger charge is -2.01. The van der Waals surface area contributed by atoms with Crippen LogP contribution in [0.1, 0.15) is 26.2 Å². The van der Waals surface area contributed by atoms with Gasteiger partial charge in [-0.2, -0.15) is 8.42 Å². The first kappa shape index (κ1) is 11.3. The molecule has 0 aromatic rings. The lowest BCUT2D eigenvalue weighted by Crippen LogP contribution is -2.07.